The van der Waals surface area contributed by atoms with Gasteiger partial charge in [-0.25, -0.2) is 0 Å². The van der Waals surface area contributed by atoms with Crippen molar-refractivity contribution in [2.45, 2.75) is 45.9 Å². The Morgan fingerprint density at radius 3 is 2.21 bits per heavy atom. The van der Waals surface area contributed by atoms with Crippen LogP contribution in [0.5, 0.6) is 5.75 Å². The molecule has 1 fully saturated rings. The van der Waals surface area contributed by atoms with Crippen molar-refractivity contribution in [3.8, 4) is 5.75 Å². The van der Waals surface area contributed by atoms with E-state index in [0.717, 1.165) is 31.7 Å². The van der Waals surface area contributed by atoms with Crippen molar-refractivity contribution < 1.29 is 4.74 Å². The van der Waals surface area contributed by atoms with Gasteiger partial charge in [-0.15, -0.1) is 0 Å². The van der Waals surface area contributed by atoms with E-state index in [9.17, 15) is 0 Å². The van der Waals surface area contributed by atoms with Crippen molar-refractivity contribution in [1.29, 1.82) is 0 Å². The highest BCUT2D eigenvalue weighted by atomic mass is 16.5. The third-order valence-corrected chi connectivity index (χ3v) is 4.89. The minimum atomic E-state index is 0.113. The first kappa shape index (κ1) is 16.8. The first-order valence-electron chi connectivity index (χ1n) is 8.92. The van der Waals surface area contributed by atoms with Crippen LogP contribution in [0.2, 0.25) is 0 Å². The number of piperidine rings is 1. The van der Waals surface area contributed by atoms with E-state index >= 15 is 0 Å². The van der Waals surface area contributed by atoms with Gasteiger partial charge in [-0.05, 0) is 56.9 Å². The maximum atomic E-state index is 6.27. The molecule has 2 aromatic rings. The number of likely N-dealkylation sites (tertiary alicyclic amines) is 1. The molecule has 2 aromatic carbocycles. The lowest BCUT2D eigenvalue weighted by Crippen LogP contribution is -2.45. The molecule has 1 N–H and O–H groups in total. The third-order valence-electron chi connectivity index (χ3n) is 4.89. The second-order valence-electron chi connectivity index (χ2n) is 6.76. The fraction of sp³-hybridized carbons (Fsp3) is 0.429. The van der Waals surface area contributed by atoms with E-state index in [1.54, 1.807) is 0 Å². The molecular weight excluding hydrogens is 296 g/mol. The van der Waals surface area contributed by atoms with Crippen LogP contribution in [0.1, 0.15) is 30.9 Å². The van der Waals surface area contributed by atoms with E-state index in [4.69, 9.17) is 4.74 Å². The summed E-state index contributed by atoms with van der Waals surface area (Å²) < 4.78 is 6.27. The summed E-state index contributed by atoms with van der Waals surface area (Å²) >= 11 is 0. The molecule has 1 heterocycles. The van der Waals surface area contributed by atoms with Crippen LogP contribution in [-0.2, 0) is 0 Å². The Balaban J connectivity index is 1.53. The van der Waals surface area contributed by atoms with E-state index in [-0.39, 0.29) is 6.23 Å². The summed E-state index contributed by atoms with van der Waals surface area (Å²) in [7, 11) is 0. The Bertz CT molecular complexity index is 628. The zero-order valence-electron chi connectivity index (χ0n) is 15.0. The van der Waals surface area contributed by atoms with Crippen molar-refractivity contribution in [3.05, 3.63) is 59.7 Å². The minimum Gasteiger partial charge on any atom is -0.475 e. The SMILES string of the molecule is Cc1cccc(C)c1OC(C)N1CCC(Nc2ccccc2)CC1. The molecule has 1 atom stereocenters. The molecule has 1 aliphatic rings. The van der Waals surface area contributed by atoms with Gasteiger partial charge in [0, 0.05) is 24.8 Å². The zero-order valence-corrected chi connectivity index (χ0v) is 15.0. The van der Waals surface area contributed by atoms with Crippen LogP contribution >= 0.6 is 0 Å². The van der Waals surface area contributed by atoms with E-state index in [2.05, 4.69) is 79.5 Å². The molecule has 1 unspecified atom stereocenters. The summed E-state index contributed by atoms with van der Waals surface area (Å²) in [6.45, 7) is 8.53. The number of aryl methyl sites for hydroxylation is 2. The molecule has 0 bridgehead atoms. The van der Waals surface area contributed by atoms with E-state index in [1.807, 2.05) is 0 Å². The normalized spacial score (nSPS) is 17.5. The molecule has 3 heteroatoms. The monoisotopic (exact) mass is 324 g/mol. The summed E-state index contributed by atoms with van der Waals surface area (Å²) in [6, 6.07) is 17.4. The smallest absolute Gasteiger partial charge is 0.149 e. The molecule has 0 aromatic heterocycles. The Hall–Kier alpha value is -2.00. The first-order valence-corrected chi connectivity index (χ1v) is 8.92. The zero-order chi connectivity index (χ0) is 16.9. The molecule has 3 rings (SSSR count). The quantitative estimate of drug-likeness (QED) is 0.869. The van der Waals surface area contributed by atoms with Gasteiger partial charge in [0.2, 0.25) is 0 Å². The van der Waals surface area contributed by atoms with E-state index < -0.39 is 0 Å². The summed E-state index contributed by atoms with van der Waals surface area (Å²) in [5.41, 5.74) is 3.64. The number of rotatable bonds is 5. The number of para-hydroxylation sites is 2. The molecule has 3 nitrogen and oxygen atoms in total. The number of nitrogens with one attached hydrogen (secondary N) is 1. The summed E-state index contributed by atoms with van der Waals surface area (Å²) in [5, 5.41) is 3.64. The van der Waals surface area contributed by atoms with Gasteiger partial charge in [0.15, 0.2) is 0 Å². The van der Waals surface area contributed by atoms with Crippen LogP contribution in [0.3, 0.4) is 0 Å². The van der Waals surface area contributed by atoms with Crippen LogP contribution in [-0.4, -0.2) is 30.3 Å². The maximum absolute atomic E-state index is 6.27. The standard InChI is InChI=1S/C21H28N2O/c1-16-8-7-9-17(2)21(16)24-18(3)23-14-12-20(13-15-23)22-19-10-5-4-6-11-19/h4-11,18,20,22H,12-15H2,1-3H3. The Morgan fingerprint density at radius 1 is 0.958 bits per heavy atom. The van der Waals surface area contributed by atoms with Gasteiger partial charge in [-0.1, -0.05) is 36.4 Å². The Morgan fingerprint density at radius 2 is 1.58 bits per heavy atom. The summed E-state index contributed by atoms with van der Waals surface area (Å²) in [6.07, 6.45) is 2.41. The molecule has 0 radical (unpaired) electrons. The predicted molar refractivity (Wildman–Crippen MR) is 101 cm³/mol. The molecule has 0 aliphatic carbocycles. The molecule has 128 valence electrons. The topological polar surface area (TPSA) is 24.5 Å². The van der Waals surface area contributed by atoms with E-state index in [1.165, 1.54) is 16.8 Å². The fourth-order valence-corrected chi connectivity index (χ4v) is 3.41. The summed E-state index contributed by atoms with van der Waals surface area (Å²) in [4.78, 5) is 2.44. The number of anilines is 1. The van der Waals surface area contributed by atoms with Gasteiger partial charge in [-0.3, -0.25) is 4.90 Å². The third kappa shape index (κ3) is 4.09. The van der Waals surface area contributed by atoms with Crippen molar-refractivity contribution in [2.75, 3.05) is 18.4 Å². The van der Waals surface area contributed by atoms with Crippen molar-refractivity contribution >= 4 is 5.69 Å². The maximum Gasteiger partial charge on any atom is 0.149 e. The van der Waals surface area contributed by atoms with E-state index in [0.29, 0.717) is 6.04 Å². The molecule has 0 saturated carbocycles. The van der Waals surface area contributed by atoms with Gasteiger partial charge >= 0.3 is 0 Å². The number of hydrogen-bond donors (Lipinski definition) is 1. The highest BCUT2D eigenvalue weighted by Crippen LogP contribution is 2.25. The molecule has 1 aliphatic heterocycles. The minimum absolute atomic E-state index is 0.113. The lowest BCUT2D eigenvalue weighted by atomic mass is 10.0. The van der Waals surface area contributed by atoms with Crippen molar-refractivity contribution in [3.63, 3.8) is 0 Å². The van der Waals surface area contributed by atoms with Gasteiger partial charge in [-0.2, -0.15) is 0 Å². The molecule has 0 amide bonds. The van der Waals surface area contributed by atoms with Gasteiger partial charge < -0.3 is 10.1 Å². The average Bonchev–Trinajstić information content (AvgIpc) is 2.60. The van der Waals surface area contributed by atoms with Crippen LogP contribution in [0.4, 0.5) is 5.69 Å². The molecular formula is C21H28N2O. The highest BCUT2D eigenvalue weighted by molar-refractivity contribution is 5.43. The average molecular weight is 324 g/mol. The Labute approximate surface area is 145 Å². The van der Waals surface area contributed by atoms with Crippen LogP contribution in [0.25, 0.3) is 0 Å². The molecule has 0 spiro atoms. The van der Waals surface area contributed by atoms with Crippen molar-refractivity contribution in [2.24, 2.45) is 0 Å². The van der Waals surface area contributed by atoms with Gasteiger partial charge in [0.25, 0.3) is 0 Å². The number of hydrogen-bond acceptors (Lipinski definition) is 3. The lowest BCUT2D eigenvalue weighted by molar-refractivity contribution is 0.0231. The summed E-state index contributed by atoms with van der Waals surface area (Å²) in [5.74, 6) is 1.04. The first-order chi connectivity index (χ1) is 11.6. The van der Waals surface area contributed by atoms with Crippen LogP contribution in [0.15, 0.2) is 48.5 Å². The van der Waals surface area contributed by atoms with Crippen LogP contribution < -0.4 is 10.1 Å². The highest BCUT2D eigenvalue weighted by Gasteiger charge is 2.24. The second-order valence-corrected chi connectivity index (χ2v) is 6.76. The molecule has 24 heavy (non-hydrogen) atoms. The predicted octanol–water partition coefficient (Wildman–Crippen LogP) is 4.60. The number of benzene rings is 2. The fourth-order valence-electron chi connectivity index (χ4n) is 3.41. The Kier molecular flexibility index (Phi) is 5.41. The second kappa shape index (κ2) is 7.71. The number of ether oxygens (including phenoxy) is 1. The largest absolute Gasteiger partial charge is 0.475 e. The van der Waals surface area contributed by atoms with Crippen molar-refractivity contribution in [1.82, 2.24) is 4.90 Å². The number of nitrogens with zero attached hydrogens (tertiary/aromatic N) is 1. The molecule has 1 saturated heterocycles. The van der Waals surface area contributed by atoms with Gasteiger partial charge in [0.05, 0.1) is 0 Å². The van der Waals surface area contributed by atoms with Crippen LogP contribution in [0, 0.1) is 13.8 Å². The lowest BCUT2D eigenvalue weighted by Gasteiger charge is -2.36. The van der Waals surface area contributed by atoms with Gasteiger partial charge in [0.1, 0.15) is 12.0 Å².